The zero-order valence-corrected chi connectivity index (χ0v) is 21.8. The lowest BCUT2D eigenvalue weighted by atomic mass is 10.1. The van der Waals surface area contributed by atoms with E-state index in [0.717, 1.165) is 5.56 Å². The van der Waals surface area contributed by atoms with E-state index in [9.17, 15) is 26.4 Å². The number of benzene rings is 2. The van der Waals surface area contributed by atoms with Crippen molar-refractivity contribution >= 4 is 21.9 Å². The largest absolute Gasteiger partial charge is 0.490 e. The van der Waals surface area contributed by atoms with Crippen LogP contribution in [0.5, 0.6) is 5.75 Å². The van der Waals surface area contributed by atoms with Gasteiger partial charge in [0.15, 0.2) is 0 Å². The molecule has 2 aromatic rings. The van der Waals surface area contributed by atoms with Crippen molar-refractivity contribution in [3.8, 4) is 5.75 Å². The number of ether oxygens (including phenoxy) is 1. The van der Waals surface area contributed by atoms with Crippen LogP contribution < -0.4 is 4.74 Å². The summed E-state index contributed by atoms with van der Waals surface area (Å²) < 4.78 is 67.1. The molecule has 38 heavy (non-hydrogen) atoms. The summed E-state index contributed by atoms with van der Waals surface area (Å²) in [7, 11) is -0.247. The van der Waals surface area contributed by atoms with Crippen molar-refractivity contribution in [1.29, 1.82) is 0 Å². The van der Waals surface area contributed by atoms with Gasteiger partial charge in [0.05, 0.1) is 12.6 Å². The molecule has 1 amide bonds. The maximum Gasteiger partial charge on any atom is 0.490 e. The molecule has 9 nitrogen and oxygen atoms in total. The molecule has 0 saturated carbocycles. The lowest BCUT2D eigenvalue weighted by molar-refractivity contribution is -0.192. The van der Waals surface area contributed by atoms with Gasteiger partial charge in [0, 0.05) is 33.7 Å². The second kappa shape index (κ2) is 12.1. The summed E-state index contributed by atoms with van der Waals surface area (Å²) in [6, 6.07) is 16.2. The smallest absolute Gasteiger partial charge is 0.487 e. The maximum absolute atomic E-state index is 13.7. The van der Waals surface area contributed by atoms with Gasteiger partial charge in [-0.2, -0.15) is 17.5 Å². The summed E-state index contributed by atoms with van der Waals surface area (Å²) in [5.41, 5.74) is 0.938. The lowest BCUT2D eigenvalue weighted by Crippen LogP contribution is -2.46. The maximum atomic E-state index is 13.7. The number of likely N-dealkylation sites (N-methyl/N-ethyl adjacent to an activating group) is 1. The predicted octanol–water partition coefficient (Wildman–Crippen LogP) is 2.82. The van der Waals surface area contributed by atoms with Crippen molar-refractivity contribution in [3.05, 3.63) is 60.2 Å². The van der Waals surface area contributed by atoms with Crippen LogP contribution in [0.15, 0.2) is 59.5 Å². The Morgan fingerprint density at radius 1 is 1.03 bits per heavy atom. The first-order valence-electron chi connectivity index (χ1n) is 11.8. The summed E-state index contributed by atoms with van der Waals surface area (Å²) in [6.07, 6.45) is -4.10. The van der Waals surface area contributed by atoms with Crippen LogP contribution in [-0.2, 0) is 26.2 Å². The van der Waals surface area contributed by atoms with E-state index in [-0.39, 0.29) is 22.9 Å². The van der Waals surface area contributed by atoms with Gasteiger partial charge in [-0.15, -0.1) is 0 Å². The number of carbonyl (C=O) groups excluding carboxylic acids is 1. The van der Waals surface area contributed by atoms with Crippen LogP contribution in [0.2, 0.25) is 0 Å². The molecule has 1 N–H and O–H groups in total. The number of hydrogen-bond donors (Lipinski definition) is 1. The molecule has 2 aromatic carbocycles. The molecule has 2 atom stereocenters. The highest BCUT2D eigenvalue weighted by molar-refractivity contribution is 7.89. The van der Waals surface area contributed by atoms with Gasteiger partial charge < -0.3 is 14.7 Å². The molecular formula is C25H30F3N3O6S. The monoisotopic (exact) mass is 557 g/mol. The molecule has 0 spiro atoms. The SMILES string of the molecule is CN(C)C(=O)CN1CC[C@@H]2Oc3ccccc3S(=O)(=O)N(Cc3ccccc3)[C@H]2CC1.O=C(O)C(F)(F)F. The van der Waals surface area contributed by atoms with Crippen LogP contribution in [0.4, 0.5) is 13.2 Å². The molecule has 2 heterocycles. The Kier molecular flexibility index (Phi) is 9.39. The first-order chi connectivity index (χ1) is 17.8. The summed E-state index contributed by atoms with van der Waals surface area (Å²) in [5.74, 6) is -2.31. The fraction of sp³-hybridized carbons (Fsp3) is 0.440. The first kappa shape index (κ1) is 29.4. The standard InChI is InChI=1S/C23H29N3O4S.C2HF3O2/c1-24(2)23(27)17-25-14-12-19-20(13-15-25)30-21-10-6-7-11-22(21)31(28,29)26(19)16-18-8-4-3-5-9-18;3-2(4,5)1(6)7/h3-11,19-20H,12-17H2,1-2H3;(H,6,7)/t19-,20-;/m0./s1. The van der Waals surface area contributed by atoms with Gasteiger partial charge in [0.25, 0.3) is 0 Å². The molecule has 4 rings (SSSR count). The topological polar surface area (TPSA) is 107 Å². The number of carboxylic acid groups (broad SMARTS) is 1. The number of hydrogen-bond acceptors (Lipinski definition) is 6. The van der Waals surface area contributed by atoms with Crippen molar-refractivity contribution in [3.63, 3.8) is 0 Å². The molecule has 1 saturated heterocycles. The minimum atomic E-state index is -5.08. The lowest BCUT2D eigenvalue weighted by Gasteiger charge is -2.32. The number of likely N-dealkylation sites (tertiary alicyclic amines) is 1. The number of nitrogens with zero attached hydrogens (tertiary/aromatic N) is 3. The van der Waals surface area contributed by atoms with Crippen molar-refractivity contribution in [2.45, 2.75) is 42.6 Å². The predicted molar refractivity (Wildman–Crippen MR) is 132 cm³/mol. The Balaban J connectivity index is 0.000000505. The van der Waals surface area contributed by atoms with Crippen LogP contribution >= 0.6 is 0 Å². The number of para-hydroxylation sites is 1. The van der Waals surface area contributed by atoms with Gasteiger partial charge in [-0.05, 0) is 30.5 Å². The van der Waals surface area contributed by atoms with Crippen molar-refractivity contribution < 1.29 is 41.0 Å². The molecule has 2 aliphatic heterocycles. The van der Waals surface area contributed by atoms with Crippen LogP contribution in [0.1, 0.15) is 18.4 Å². The second-order valence-corrected chi connectivity index (χ2v) is 11.0. The van der Waals surface area contributed by atoms with E-state index < -0.39 is 22.2 Å². The van der Waals surface area contributed by atoms with Gasteiger partial charge in [-0.3, -0.25) is 9.69 Å². The molecule has 1 fully saturated rings. The van der Waals surface area contributed by atoms with Crippen molar-refractivity contribution in [1.82, 2.24) is 14.1 Å². The Bertz CT molecular complexity index is 1220. The first-order valence-corrected chi connectivity index (χ1v) is 13.3. The van der Waals surface area contributed by atoms with E-state index in [0.29, 0.717) is 44.8 Å². The summed E-state index contributed by atoms with van der Waals surface area (Å²) in [6.45, 7) is 1.94. The second-order valence-electron chi connectivity index (χ2n) is 9.15. The number of carboxylic acids is 1. The number of halogens is 3. The van der Waals surface area contributed by atoms with Crippen LogP contribution in [-0.4, -0.2) is 91.6 Å². The zero-order valence-electron chi connectivity index (χ0n) is 21.0. The average Bonchev–Trinajstić information content (AvgIpc) is 3.09. The van der Waals surface area contributed by atoms with E-state index >= 15 is 0 Å². The number of alkyl halides is 3. The van der Waals surface area contributed by atoms with Crippen LogP contribution in [0, 0.1) is 0 Å². The van der Waals surface area contributed by atoms with Crippen LogP contribution in [0.25, 0.3) is 0 Å². The normalized spacial score (nSPS) is 21.3. The Morgan fingerprint density at radius 2 is 1.61 bits per heavy atom. The third-order valence-electron chi connectivity index (χ3n) is 6.27. The molecule has 13 heteroatoms. The molecule has 0 aliphatic carbocycles. The minimum Gasteiger partial charge on any atom is -0.487 e. The highest BCUT2D eigenvalue weighted by Gasteiger charge is 2.43. The summed E-state index contributed by atoms with van der Waals surface area (Å²) >= 11 is 0. The van der Waals surface area contributed by atoms with Gasteiger partial charge in [0.2, 0.25) is 15.9 Å². The number of amides is 1. The highest BCUT2D eigenvalue weighted by Crippen LogP contribution is 2.37. The fourth-order valence-electron chi connectivity index (χ4n) is 4.27. The summed E-state index contributed by atoms with van der Waals surface area (Å²) in [5, 5.41) is 7.12. The Hall–Kier alpha value is -3.16. The summed E-state index contributed by atoms with van der Waals surface area (Å²) in [4.78, 5) is 25.0. The molecule has 0 aromatic heterocycles. The van der Waals surface area contributed by atoms with Gasteiger partial charge in [-0.1, -0.05) is 42.5 Å². The number of aliphatic carboxylic acids is 1. The molecule has 0 radical (unpaired) electrons. The van der Waals surface area contributed by atoms with Crippen molar-refractivity contribution in [2.75, 3.05) is 33.7 Å². The Labute approximate surface area is 219 Å². The number of sulfonamides is 1. The molecule has 2 aliphatic rings. The number of fused-ring (bicyclic) bond motifs is 2. The highest BCUT2D eigenvalue weighted by atomic mass is 32.2. The molecule has 0 unspecified atom stereocenters. The van der Waals surface area contributed by atoms with Gasteiger partial charge >= 0.3 is 12.1 Å². The average molecular weight is 558 g/mol. The van der Waals surface area contributed by atoms with E-state index in [1.807, 2.05) is 30.3 Å². The van der Waals surface area contributed by atoms with E-state index in [2.05, 4.69) is 4.90 Å². The third kappa shape index (κ3) is 7.23. The molecular weight excluding hydrogens is 527 g/mol. The quantitative estimate of drug-likeness (QED) is 0.616. The van der Waals surface area contributed by atoms with Gasteiger partial charge in [0.1, 0.15) is 16.7 Å². The molecule has 208 valence electrons. The van der Waals surface area contributed by atoms with Gasteiger partial charge in [-0.25, -0.2) is 13.2 Å². The molecule has 0 bridgehead atoms. The van der Waals surface area contributed by atoms with E-state index in [1.54, 1.807) is 47.6 Å². The van der Waals surface area contributed by atoms with E-state index in [1.165, 1.54) is 0 Å². The third-order valence-corrected chi connectivity index (χ3v) is 8.18. The minimum absolute atomic E-state index is 0.0436. The number of rotatable bonds is 4. The van der Waals surface area contributed by atoms with E-state index in [4.69, 9.17) is 14.6 Å². The number of carbonyl (C=O) groups is 2. The fourth-order valence-corrected chi connectivity index (χ4v) is 6.06. The zero-order chi connectivity index (χ0) is 28.1. The Morgan fingerprint density at radius 3 is 2.21 bits per heavy atom. The van der Waals surface area contributed by atoms with Crippen molar-refractivity contribution in [2.24, 2.45) is 0 Å². The van der Waals surface area contributed by atoms with Crippen LogP contribution in [0.3, 0.4) is 0 Å².